The summed E-state index contributed by atoms with van der Waals surface area (Å²) in [5.41, 5.74) is 6.50. The van der Waals surface area contributed by atoms with Gasteiger partial charge in [0.15, 0.2) is 5.78 Å². The second-order valence-corrected chi connectivity index (χ2v) is 8.90. The first-order chi connectivity index (χ1) is 17.8. The lowest BCUT2D eigenvalue weighted by Crippen LogP contribution is -2.34. The first-order valence-electron chi connectivity index (χ1n) is 11.9. The number of hydrogen-bond donors (Lipinski definition) is 2. The summed E-state index contributed by atoms with van der Waals surface area (Å²) in [5.74, 6) is -0.399. The quantitative estimate of drug-likeness (QED) is 0.287. The van der Waals surface area contributed by atoms with Gasteiger partial charge in [-0.1, -0.05) is 35.4 Å². The maximum absolute atomic E-state index is 11.7. The lowest BCUT2D eigenvalue weighted by atomic mass is 9.90. The molecule has 0 saturated carbocycles. The van der Waals surface area contributed by atoms with E-state index in [1.165, 1.54) is 11.6 Å². The van der Waals surface area contributed by atoms with Crippen molar-refractivity contribution in [1.82, 2.24) is 10.2 Å². The summed E-state index contributed by atoms with van der Waals surface area (Å²) in [4.78, 5) is 35.0. The Morgan fingerprint density at radius 3 is 2.46 bits per heavy atom. The van der Waals surface area contributed by atoms with Crippen LogP contribution in [0.2, 0.25) is 0 Å². The second-order valence-electron chi connectivity index (χ2n) is 8.90. The Morgan fingerprint density at radius 1 is 1.16 bits per heavy atom. The molecule has 11 heteroatoms. The summed E-state index contributed by atoms with van der Waals surface area (Å²) >= 11 is 0. The number of ketones is 2. The number of nitrogens with zero attached hydrogens (tertiary/aromatic N) is 4. The lowest BCUT2D eigenvalue weighted by Gasteiger charge is -2.30. The number of aromatic nitrogens is 2. The maximum Gasteiger partial charge on any atom is 0.318 e. The van der Waals surface area contributed by atoms with Crippen molar-refractivity contribution in [2.24, 2.45) is 11.7 Å². The number of nitrogens with two attached hydrogens (primary N) is 1. The molecule has 0 bridgehead atoms. The van der Waals surface area contributed by atoms with E-state index in [1.807, 2.05) is 0 Å². The Hall–Kier alpha value is -4.38. The molecule has 37 heavy (non-hydrogen) atoms. The SMILES string of the molecule is CC(=O)C1=C(O)c2cc([N+](=O)[O-])ccc2C1=O.NCc1nnc(N2CCC(Cc3ccccc3)CC2)o1. The first kappa shape index (κ1) is 25.7. The van der Waals surface area contributed by atoms with Gasteiger partial charge in [0.05, 0.1) is 11.5 Å². The molecule has 0 spiro atoms. The highest BCUT2D eigenvalue weighted by atomic mass is 16.6. The third-order valence-corrected chi connectivity index (χ3v) is 6.41. The first-order valence-corrected chi connectivity index (χ1v) is 11.9. The van der Waals surface area contributed by atoms with Gasteiger partial charge in [-0.25, -0.2) is 0 Å². The summed E-state index contributed by atoms with van der Waals surface area (Å²) in [6, 6.07) is 14.8. The van der Waals surface area contributed by atoms with Crippen LogP contribution in [0, 0.1) is 16.0 Å². The number of nitro benzene ring substituents is 1. The summed E-state index contributed by atoms with van der Waals surface area (Å²) in [6.45, 7) is 3.41. The normalized spacial score (nSPS) is 15.3. The molecule has 2 aromatic carbocycles. The third-order valence-electron chi connectivity index (χ3n) is 6.41. The fraction of sp³-hybridized carbons (Fsp3) is 0.308. The van der Waals surface area contributed by atoms with E-state index in [0.717, 1.165) is 57.3 Å². The van der Waals surface area contributed by atoms with Crippen molar-refractivity contribution in [3.63, 3.8) is 0 Å². The second kappa shape index (κ2) is 11.1. The van der Waals surface area contributed by atoms with Crippen LogP contribution < -0.4 is 10.6 Å². The number of fused-ring (bicyclic) bond motifs is 1. The number of allylic oxidation sites excluding steroid dienone is 1. The molecule has 1 aromatic heterocycles. The molecule has 0 unspecified atom stereocenters. The van der Waals surface area contributed by atoms with Crippen molar-refractivity contribution in [3.05, 3.63) is 86.8 Å². The molecule has 1 aliphatic carbocycles. The van der Waals surface area contributed by atoms with Crippen molar-refractivity contribution in [2.45, 2.75) is 32.7 Å². The zero-order valence-electron chi connectivity index (χ0n) is 20.3. The van der Waals surface area contributed by atoms with Gasteiger partial charge in [0.2, 0.25) is 11.7 Å². The molecule has 0 radical (unpaired) electrons. The fourth-order valence-electron chi connectivity index (χ4n) is 4.47. The van der Waals surface area contributed by atoms with Crippen LogP contribution in [0.15, 0.2) is 58.5 Å². The molecule has 1 saturated heterocycles. The Labute approximate surface area is 212 Å². The van der Waals surface area contributed by atoms with Crippen LogP contribution in [0.4, 0.5) is 11.7 Å². The summed E-state index contributed by atoms with van der Waals surface area (Å²) in [6.07, 6.45) is 3.48. The number of aliphatic hydroxyl groups is 1. The molecule has 0 atom stereocenters. The Morgan fingerprint density at radius 2 is 1.86 bits per heavy atom. The van der Waals surface area contributed by atoms with Gasteiger partial charge >= 0.3 is 6.01 Å². The van der Waals surface area contributed by atoms with Crippen molar-refractivity contribution >= 4 is 29.0 Å². The number of carbonyl (C=O) groups is 2. The lowest BCUT2D eigenvalue weighted by molar-refractivity contribution is -0.384. The van der Waals surface area contributed by atoms with Gasteiger partial charge in [-0.3, -0.25) is 19.7 Å². The van der Waals surface area contributed by atoms with Crippen LogP contribution in [-0.4, -0.2) is 44.9 Å². The van der Waals surface area contributed by atoms with Crippen molar-refractivity contribution in [3.8, 4) is 0 Å². The molecule has 3 aromatic rings. The Balaban J connectivity index is 0.000000176. The van der Waals surface area contributed by atoms with Crippen LogP contribution in [-0.2, 0) is 17.8 Å². The molecule has 2 aliphatic rings. The van der Waals surface area contributed by atoms with Gasteiger partial charge in [0.1, 0.15) is 11.3 Å². The van der Waals surface area contributed by atoms with Gasteiger partial charge < -0.3 is 20.2 Å². The highest BCUT2D eigenvalue weighted by Crippen LogP contribution is 2.33. The smallest absolute Gasteiger partial charge is 0.318 e. The summed E-state index contributed by atoms with van der Waals surface area (Å²) < 4.78 is 5.50. The number of piperidine rings is 1. The van der Waals surface area contributed by atoms with E-state index in [1.54, 1.807) is 0 Å². The minimum absolute atomic E-state index is 0.0365. The van der Waals surface area contributed by atoms with Crippen LogP contribution in [0.3, 0.4) is 0 Å². The number of hydrogen-bond acceptors (Lipinski definition) is 10. The molecule has 1 fully saturated rings. The van der Waals surface area contributed by atoms with Crippen LogP contribution in [0.5, 0.6) is 0 Å². The minimum Gasteiger partial charge on any atom is -0.506 e. The summed E-state index contributed by atoms with van der Waals surface area (Å²) in [7, 11) is 0. The molecule has 11 nitrogen and oxygen atoms in total. The van der Waals surface area contributed by atoms with E-state index in [9.17, 15) is 24.8 Å². The van der Waals surface area contributed by atoms with Crippen LogP contribution >= 0.6 is 0 Å². The average molecular weight is 506 g/mol. The third kappa shape index (κ3) is 5.72. The van der Waals surface area contributed by atoms with Crippen LogP contribution in [0.25, 0.3) is 5.76 Å². The van der Waals surface area contributed by atoms with E-state index >= 15 is 0 Å². The standard InChI is InChI=1S/C15H20N4O.C11H7NO5/c16-11-14-17-18-15(20-14)19-8-6-13(7-9-19)10-12-4-2-1-3-5-12;1-5(13)9-10(14)7-3-2-6(12(16)17)4-8(7)11(9)15/h1-5,13H,6-11,16H2;2-4,15H,1H3. The number of nitro groups is 1. The van der Waals surface area contributed by atoms with Gasteiger partial charge in [-0.15, -0.1) is 5.10 Å². The number of anilines is 1. The topological polar surface area (TPSA) is 166 Å². The monoisotopic (exact) mass is 505 g/mol. The van der Waals surface area contributed by atoms with E-state index in [0.29, 0.717) is 18.5 Å². The summed E-state index contributed by atoms with van der Waals surface area (Å²) in [5, 5.41) is 28.2. The van der Waals surface area contributed by atoms with E-state index in [2.05, 4.69) is 45.4 Å². The number of rotatable bonds is 6. The van der Waals surface area contributed by atoms with E-state index < -0.39 is 22.2 Å². The molecular formula is C26H27N5O6. The highest BCUT2D eigenvalue weighted by Gasteiger charge is 2.33. The predicted octanol–water partition coefficient (Wildman–Crippen LogP) is 3.64. The Bertz CT molecular complexity index is 1340. The molecule has 5 rings (SSSR count). The number of non-ortho nitro benzene ring substituents is 1. The molecule has 0 amide bonds. The molecule has 192 valence electrons. The number of benzene rings is 2. The average Bonchev–Trinajstić information content (AvgIpc) is 3.48. The van der Waals surface area contributed by atoms with Crippen molar-refractivity contribution in [1.29, 1.82) is 0 Å². The molecule has 1 aliphatic heterocycles. The van der Waals surface area contributed by atoms with Gasteiger partial charge in [0, 0.05) is 36.3 Å². The fourth-order valence-corrected chi connectivity index (χ4v) is 4.47. The minimum atomic E-state index is -0.635. The number of Topliss-reactive ketones (excluding diaryl/α,β-unsaturated/α-hetero) is 2. The molecule has 3 N–H and O–H groups in total. The highest BCUT2D eigenvalue weighted by molar-refractivity contribution is 6.33. The predicted molar refractivity (Wildman–Crippen MR) is 135 cm³/mol. The molecular weight excluding hydrogens is 478 g/mol. The van der Waals surface area contributed by atoms with Gasteiger partial charge in [-0.2, -0.15) is 0 Å². The largest absolute Gasteiger partial charge is 0.506 e. The van der Waals surface area contributed by atoms with E-state index in [-0.39, 0.29) is 22.4 Å². The number of aliphatic hydroxyl groups excluding tert-OH is 1. The maximum atomic E-state index is 11.7. The molecule has 2 heterocycles. The van der Waals surface area contributed by atoms with Crippen molar-refractivity contribution < 1.29 is 24.0 Å². The van der Waals surface area contributed by atoms with Gasteiger partial charge in [0.25, 0.3) is 5.69 Å². The van der Waals surface area contributed by atoms with E-state index in [4.69, 9.17) is 10.2 Å². The zero-order valence-corrected chi connectivity index (χ0v) is 20.3. The van der Waals surface area contributed by atoms with Crippen LogP contribution in [0.1, 0.15) is 47.1 Å². The van der Waals surface area contributed by atoms with Gasteiger partial charge in [-0.05, 0) is 43.7 Å². The van der Waals surface area contributed by atoms with Crippen molar-refractivity contribution in [2.75, 3.05) is 18.0 Å². The number of carbonyl (C=O) groups excluding carboxylic acids is 2. The zero-order chi connectivity index (χ0) is 26.5. The Kier molecular flexibility index (Phi) is 7.73.